The number of nitrogens with zero attached hydrogens (tertiary/aromatic N) is 1. The van der Waals surface area contributed by atoms with Gasteiger partial charge in [-0.2, -0.15) is 0 Å². The van der Waals surface area contributed by atoms with Gasteiger partial charge in [0.2, 0.25) is 5.91 Å². The Bertz CT molecular complexity index is 1130. The zero-order valence-corrected chi connectivity index (χ0v) is 16.9. The summed E-state index contributed by atoms with van der Waals surface area (Å²) in [5.41, 5.74) is 2.07. The van der Waals surface area contributed by atoms with Crippen LogP contribution in [0.25, 0.3) is 0 Å². The lowest BCUT2D eigenvalue weighted by Crippen LogP contribution is -2.38. The summed E-state index contributed by atoms with van der Waals surface area (Å²) in [5.74, 6) is -1.24. The van der Waals surface area contributed by atoms with Crippen molar-refractivity contribution in [2.75, 3.05) is 16.2 Å². The normalized spacial score (nSPS) is 11.1. The molecular formula is C22H21FN2O3S. The molecule has 0 saturated heterocycles. The Morgan fingerprint density at radius 2 is 1.62 bits per heavy atom. The monoisotopic (exact) mass is 412 g/mol. The lowest BCUT2D eigenvalue weighted by atomic mass is 10.1. The second kappa shape index (κ2) is 8.45. The first-order valence-electron chi connectivity index (χ1n) is 8.98. The third-order valence-electron chi connectivity index (χ3n) is 4.39. The molecule has 7 heteroatoms. The molecule has 0 aliphatic carbocycles. The fraction of sp³-hybridized carbons (Fsp3) is 0.136. The topological polar surface area (TPSA) is 66.5 Å². The first kappa shape index (κ1) is 20.5. The first-order valence-corrected chi connectivity index (χ1v) is 10.4. The minimum absolute atomic E-state index is 0.00446. The van der Waals surface area contributed by atoms with Crippen molar-refractivity contribution in [3.8, 4) is 0 Å². The highest BCUT2D eigenvalue weighted by atomic mass is 32.2. The van der Waals surface area contributed by atoms with Crippen molar-refractivity contribution in [2.45, 2.75) is 18.7 Å². The predicted molar refractivity (Wildman–Crippen MR) is 112 cm³/mol. The lowest BCUT2D eigenvalue weighted by Gasteiger charge is -2.26. The molecule has 5 nitrogen and oxygen atoms in total. The van der Waals surface area contributed by atoms with Crippen LogP contribution >= 0.6 is 0 Å². The van der Waals surface area contributed by atoms with E-state index in [0.29, 0.717) is 11.3 Å². The second-order valence-electron chi connectivity index (χ2n) is 6.64. The van der Waals surface area contributed by atoms with Crippen molar-refractivity contribution >= 4 is 27.3 Å². The standard InChI is InChI=1S/C22H21FN2O3S/c1-16-12-13-21(17(2)14-16)25(29(27,28)18-8-4-3-5-9-18)15-22(26)24-20-11-7-6-10-19(20)23/h3-14H,15H2,1-2H3,(H,24,26). The average molecular weight is 412 g/mol. The van der Waals surface area contributed by atoms with Gasteiger partial charge < -0.3 is 5.32 Å². The van der Waals surface area contributed by atoms with Crippen molar-refractivity contribution in [2.24, 2.45) is 0 Å². The minimum Gasteiger partial charge on any atom is -0.322 e. The molecule has 1 N–H and O–H groups in total. The van der Waals surface area contributed by atoms with Gasteiger partial charge in [-0.25, -0.2) is 12.8 Å². The van der Waals surface area contributed by atoms with Crippen LogP contribution in [0.2, 0.25) is 0 Å². The number of carbonyl (C=O) groups excluding carboxylic acids is 1. The zero-order valence-electron chi connectivity index (χ0n) is 16.1. The molecule has 0 heterocycles. The number of benzene rings is 3. The zero-order chi connectivity index (χ0) is 21.0. The van der Waals surface area contributed by atoms with E-state index in [9.17, 15) is 17.6 Å². The summed E-state index contributed by atoms with van der Waals surface area (Å²) in [6.07, 6.45) is 0. The molecule has 0 atom stereocenters. The van der Waals surface area contributed by atoms with E-state index < -0.39 is 28.3 Å². The number of halogens is 1. The lowest BCUT2D eigenvalue weighted by molar-refractivity contribution is -0.114. The van der Waals surface area contributed by atoms with Gasteiger partial charge in [0.25, 0.3) is 10.0 Å². The largest absolute Gasteiger partial charge is 0.322 e. The van der Waals surface area contributed by atoms with Crippen LogP contribution in [0.3, 0.4) is 0 Å². The van der Waals surface area contributed by atoms with E-state index in [2.05, 4.69) is 5.32 Å². The van der Waals surface area contributed by atoms with Crippen LogP contribution in [0.1, 0.15) is 11.1 Å². The molecule has 0 fully saturated rings. The molecule has 3 aromatic carbocycles. The van der Waals surface area contributed by atoms with E-state index in [1.165, 1.54) is 30.3 Å². The quantitative estimate of drug-likeness (QED) is 0.657. The number of anilines is 2. The maximum absolute atomic E-state index is 13.9. The Balaban J connectivity index is 1.99. The number of hydrogen-bond acceptors (Lipinski definition) is 3. The van der Waals surface area contributed by atoms with Gasteiger partial charge in [-0.15, -0.1) is 0 Å². The van der Waals surface area contributed by atoms with Crippen molar-refractivity contribution in [3.63, 3.8) is 0 Å². The Morgan fingerprint density at radius 1 is 0.966 bits per heavy atom. The van der Waals surface area contributed by atoms with Crippen LogP contribution < -0.4 is 9.62 Å². The Morgan fingerprint density at radius 3 is 2.28 bits per heavy atom. The number of carbonyl (C=O) groups is 1. The molecular weight excluding hydrogens is 391 g/mol. The molecule has 150 valence electrons. The number of para-hydroxylation sites is 1. The highest BCUT2D eigenvalue weighted by Crippen LogP contribution is 2.27. The van der Waals surface area contributed by atoms with Crippen LogP contribution in [-0.2, 0) is 14.8 Å². The third-order valence-corrected chi connectivity index (χ3v) is 6.16. The van der Waals surface area contributed by atoms with Crippen LogP contribution in [0, 0.1) is 19.7 Å². The van der Waals surface area contributed by atoms with Gasteiger partial charge in [0, 0.05) is 0 Å². The maximum Gasteiger partial charge on any atom is 0.264 e. The summed E-state index contributed by atoms with van der Waals surface area (Å²) in [7, 11) is -4.01. The predicted octanol–water partition coefficient (Wildman–Crippen LogP) is 4.28. The summed E-state index contributed by atoms with van der Waals surface area (Å²) < 4.78 is 41.5. The van der Waals surface area contributed by atoms with Gasteiger partial charge in [-0.3, -0.25) is 9.10 Å². The molecule has 0 aliphatic heterocycles. The highest BCUT2D eigenvalue weighted by Gasteiger charge is 2.28. The summed E-state index contributed by atoms with van der Waals surface area (Å²) in [6, 6.07) is 18.9. The maximum atomic E-state index is 13.9. The second-order valence-corrected chi connectivity index (χ2v) is 8.51. The van der Waals surface area contributed by atoms with Crippen molar-refractivity contribution in [3.05, 3.63) is 89.7 Å². The molecule has 1 amide bonds. The molecule has 3 rings (SSSR count). The van der Waals surface area contributed by atoms with Crippen LogP contribution in [-0.4, -0.2) is 20.9 Å². The van der Waals surface area contributed by atoms with Gasteiger partial charge in [0.1, 0.15) is 12.4 Å². The molecule has 0 unspecified atom stereocenters. The number of rotatable bonds is 6. The molecule has 0 aliphatic rings. The van der Waals surface area contributed by atoms with Gasteiger partial charge in [0.05, 0.1) is 16.3 Å². The first-order chi connectivity index (χ1) is 13.8. The number of aryl methyl sites for hydroxylation is 2. The van der Waals surface area contributed by atoms with Crippen molar-refractivity contribution in [1.29, 1.82) is 0 Å². The number of sulfonamides is 1. The Kier molecular flexibility index (Phi) is 5.98. The van der Waals surface area contributed by atoms with E-state index in [0.717, 1.165) is 9.87 Å². The summed E-state index contributed by atoms with van der Waals surface area (Å²) >= 11 is 0. The Labute approximate surface area is 169 Å². The van der Waals surface area contributed by atoms with Gasteiger partial charge in [-0.05, 0) is 49.7 Å². The van der Waals surface area contributed by atoms with Crippen LogP contribution in [0.15, 0.2) is 77.7 Å². The molecule has 0 saturated carbocycles. The van der Waals surface area contributed by atoms with E-state index in [4.69, 9.17) is 0 Å². The number of nitrogens with one attached hydrogen (secondary N) is 1. The van der Waals surface area contributed by atoms with Gasteiger partial charge in [-0.1, -0.05) is 48.0 Å². The SMILES string of the molecule is Cc1ccc(N(CC(=O)Nc2ccccc2F)S(=O)(=O)c2ccccc2)c(C)c1. The van der Waals surface area contributed by atoms with Gasteiger partial charge >= 0.3 is 0 Å². The molecule has 0 radical (unpaired) electrons. The number of hydrogen-bond donors (Lipinski definition) is 1. The third kappa shape index (κ3) is 4.63. The van der Waals surface area contributed by atoms with Crippen LogP contribution in [0.4, 0.5) is 15.8 Å². The smallest absolute Gasteiger partial charge is 0.264 e. The molecule has 3 aromatic rings. The van der Waals surface area contributed by atoms with Crippen molar-refractivity contribution in [1.82, 2.24) is 0 Å². The molecule has 29 heavy (non-hydrogen) atoms. The summed E-state index contributed by atoms with van der Waals surface area (Å²) in [6.45, 7) is 3.19. The molecule has 0 aromatic heterocycles. The molecule has 0 bridgehead atoms. The fourth-order valence-electron chi connectivity index (χ4n) is 2.99. The van der Waals surface area contributed by atoms with Crippen molar-refractivity contribution < 1.29 is 17.6 Å². The Hall–Kier alpha value is -3.19. The van der Waals surface area contributed by atoms with Crippen LogP contribution in [0.5, 0.6) is 0 Å². The average Bonchev–Trinajstić information content (AvgIpc) is 2.69. The van der Waals surface area contributed by atoms with Gasteiger partial charge in [0.15, 0.2) is 0 Å². The summed E-state index contributed by atoms with van der Waals surface area (Å²) in [5, 5.41) is 2.44. The highest BCUT2D eigenvalue weighted by molar-refractivity contribution is 7.92. The van der Waals surface area contributed by atoms with E-state index in [1.54, 1.807) is 43.3 Å². The number of amides is 1. The van der Waals surface area contributed by atoms with E-state index in [-0.39, 0.29) is 10.6 Å². The summed E-state index contributed by atoms with van der Waals surface area (Å²) in [4.78, 5) is 12.7. The fourth-order valence-corrected chi connectivity index (χ4v) is 4.49. The minimum atomic E-state index is -4.01. The molecule has 0 spiro atoms. The van der Waals surface area contributed by atoms with E-state index in [1.807, 2.05) is 13.0 Å². The van der Waals surface area contributed by atoms with E-state index >= 15 is 0 Å².